The zero-order valence-corrected chi connectivity index (χ0v) is 13.1. The maximum absolute atomic E-state index is 9.83. The van der Waals surface area contributed by atoms with E-state index >= 15 is 0 Å². The maximum atomic E-state index is 9.83. The quantitative estimate of drug-likeness (QED) is 0.456. The lowest BCUT2D eigenvalue weighted by Crippen LogP contribution is -2.59. The van der Waals surface area contributed by atoms with E-state index in [-0.39, 0.29) is 12.4 Å². The molecule has 1 fully saturated rings. The summed E-state index contributed by atoms with van der Waals surface area (Å²) in [5, 5.41) is 47.8. The molecule has 5 atom stereocenters. The largest absolute Gasteiger partial charge is 0.504 e. The van der Waals surface area contributed by atoms with Crippen molar-refractivity contribution in [1.82, 2.24) is 0 Å². The summed E-state index contributed by atoms with van der Waals surface area (Å²) in [5.41, 5.74) is 0.766. The molecule has 1 aromatic rings. The van der Waals surface area contributed by atoms with Crippen LogP contribution in [0.2, 0.25) is 0 Å². The Hall–Kier alpha value is -1.68. The molecule has 1 aliphatic rings. The second-order valence-corrected chi connectivity index (χ2v) is 5.36. The van der Waals surface area contributed by atoms with Crippen LogP contribution in [0.25, 0.3) is 6.08 Å². The van der Waals surface area contributed by atoms with Crippen molar-refractivity contribution in [3.05, 3.63) is 29.8 Å². The van der Waals surface area contributed by atoms with Crippen LogP contribution in [-0.2, 0) is 9.47 Å². The van der Waals surface area contributed by atoms with E-state index < -0.39 is 37.3 Å². The lowest BCUT2D eigenvalue weighted by molar-refractivity contribution is -0.298. The molecule has 2 rings (SSSR count). The number of ether oxygens (including phenoxy) is 3. The Bertz CT molecular complexity index is 559. The number of aromatic hydroxyl groups is 1. The van der Waals surface area contributed by atoms with E-state index in [0.717, 1.165) is 5.56 Å². The second-order valence-electron chi connectivity index (χ2n) is 5.36. The number of phenolic OH excluding ortho intramolecular Hbond substituents is 1. The molecule has 0 bridgehead atoms. The molecule has 1 aromatic carbocycles. The van der Waals surface area contributed by atoms with E-state index in [9.17, 15) is 20.4 Å². The van der Waals surface area contributed by atoms with Crippen molar-refractivity contribution in [2.75, 3.05) is 20.3 Å². The van der Waals surface area contributed by atoms with Gasteiger partial charge in [0.05, 0.1) is 20.3 Å². The van der Waals surface area contributed by atoms with Crippen LogP contribution in [0.5, 0.6) is 11.5 Å². The number of rotatable bonds is 6. The highest BCUT2D eigenvalue weighted by Gasteiger charge is 2.43. The summed E-state index contributed by atoms with van der Waals surface area (Å²) in [7, 11) is 1.45. The summed E-state index contributed by atoms with van der Waals surface area (Å²) in [6, 6.07) is 4.82. The van der Waals surface area contributed by atoms with Crippen LogP contribution in [0.1, 0.15) is 5.56 Å². The molecule has 0 aromatic heterocycles. The van der Waals surface area contributed by atoms with Gasteiger partial charge in [0, 0.05) is 0 Å². The van der Waals surface area contributed by atoms with Crippen molar-refractivity contribution in [2.24, 2.45) is 0 Å². The molecule has 0 aliphatic carbocycles. The molecular weight excluding hydrogens is 320 g/mol. The van der Waals surface area contributed by atoms with E-state index in [1.54, 1.807) is 24.3 Å². The Kier molecular flexibility index (Phi) is 6.55. The van der Waals surface area contributed by atoms with Crippen molar-refractivity contribution in [3.8, 4) is 11.5 Å². The summed E-state index contributed by atoms with van der Waals surface area (Å²) < 4.78 is 15.5. The molecule has 0 radical (unpaired) electrons. The van der Waals surface area contributed by atoms with Gasteiger partial charge in [0.1, 0.15) is 24.4 Å². The molecule has 0 amide bonds. The lowest BCUT2D eigenvalue weighted by Gasteiger charge is -2.39. The summed E-state index contributed by atoms with van der Waals surface area (Å²) in [5.74, 6) is 0.374. The van der Waals surface area contributed by atoms with Gasteiger partial charge in [-0.3, -0.25) is 0 Å². The molecule has 5 N–H and O–H groups in total. The van der Waals surface area contributed by atoms with Gasteiger partial charge >= 0.3 is 0 Å². The van der Waals surface area contributed by atoms with Crippen molar-refractivity contribution < 1.29 is 39.7 Å². The van der Waals surface area contributed by atoms with E-state index in [4.69, 9.17) is 19.3 Å². The second kappa shape index (κ2) is 8.43. The molecule has 0 spiro atoms. The Morgan fingerprint density at radius 2 is 1.92 bits per heavy atom. The average molecular weight is 342 g/mol. The van der Waals surface area contributed by atoms with E-state index in [0.29, 0.717) is 5.75 Å². The fourth-order valence-corrected chi connectivity index (χ4v) is 2.34. The van der Waals surface area contributed by atoms with Crippen molar-refractivity contribution >= 4 is 6.08 Å². The van der Waals surface area contributed by atoms with Crippen molar-refractivity contribution in [2.45, 2.75) is 30.7 Å². The van der Waals surface area contributed by atoms with Gasteiger partial charge in [-0.15, -0.1) is 0 Å². The minimum absolute atomic E-state index is 0.0345. The molecule has 1 heterocycles. The van der Waals surface area contributed by atoms with Crippen LogP contribution in [0.15, 0.2) is 24.3 Å². The van der Waals surface area contributed by atoms with Crippen molar-refractivity contribution in [3.63, 3.8) is 0 Å². The predicted molar refractivity (Wildman–Crippen MR) is 83.4 cm³/mol. The molecule has 8 nitrogen and oxygen atoms in total. The predicted octanol–water partition coefficient (Wildman–Crippen LogP) is -0.770. The molecule has 0 unspecified atom stereocenters. The van der Waals surface area contributed by atoms with Gasteiger partial charge in [-0.1, -0.05) is 18.2 Å². The summed E-state index contributed by atoms with van der Waals surface area (Å²) in [6.07, 6.45) is -3.11. The minimum Gasteiger partial charge on any atom is -0.504 e. The third kappa shape index (κ3) is 4.23. The molecule has 134 valence electrons. The van der Waals surface area contributed by atoms with Crippen LogP contribution in [0.3, 0.4) is 0 Å². The standard InChI is InChI=1S/C16H22O8/c1-22-11-7-9(4-5-10(11)18)3-2-6-23-16-15(21)14(20)13(19)12(8-17)24-16/h2-5,7,12-21H,6,8H2,1H3/t12-,13-,14+,15-,16+/m1/s1. The van der Waals surface area contributed by atoms with Gasteiger partial charge in [0.2, 0.25) is 0 Å². The van der Waals surface area contributed by atoms with Gasteiger partial charge in [0.15, 0.2) is 17.8 Å². The number of phenols is 1. The smallest absolute Gasteiger partial charge is 0.187 e. The molecule has 1 saturated heterocycles. The fraction of sp³-hybridized carbons (Fsp3) is 0.500. The van der Waals surface area contributed by atoms with Gasteiger partial charge in [-0.25, -0.2) is 0 Å². The van der Waals surface area contributed by atoms with Crippen LogP contribution < -0.4 is 4.74 Å². The lowest BCUT2D eigenvalue weighted by atomic mass is 9.99. The SMILES string of the molecule is COc1cc(C=CCO[C@H]2O[C@H](CO)[C@@H](O)[C@H](O)[C@H]2O)ccc1O. The summed E-state index contributed by atoms with van der Waals surface area (Å²) in [4.78, 5) is 0. The maximum Gasteiger partial charge on any atom is 0.187 e. The highest BCUT2D eigenvalue weighted by Crippen LogP contribution is 2.27. The van der Waals surface area contributed by atoms with Crippen LogP contribution in [-0.4, -0.2) is 76.6 Å². The molecule has 8 heteroatoms. The average Bonchev–Trinajstić information content (AvgIpc) is 2.59. The van der Waals surface area contributed by atoms with Crippen molar-refractivity contribution in [1.29, 1.82) is 0 Å². The number of hydrogen-bond donors (Lipinski definition) is 5. The number of methoxy groups -OCH3 is 1. The van der Waals surface area contributed by atoms with E-state index in [1.807, 2.05) is 0 Å². The molecule has 0 saturated carbocycles. The highest BCUT2D eigenvalue weighted by molar-refractivity contribution is 5.55. The van der Waals surface area contributed by atoms with Gasteiger partial charge in [-0.05, 0) is 17.7 Å². The summed E-state index contributed by atoms with van der Waals surface area (Å²) in [6.45, 7) is -0.445. The van der Waals surface area contributed by atoms with Crippen LogP contribution in [0, 0.1) is 0 Å². The van der Waals surface area contributed by atoms with Crippen LogP contribution in [0.4, 0.5) is 0 Å². The zero-order valence-electron chi connectivity index (χ0n) is 13.1. The minimum atomic E-state index is -1.47. The van der Waals surface area contributed by atoms with Gasteiger partial charge in [-0.2, -0.15) is 0 Å². The first-order valence-corrected chi connectivity index (χ1v) is 7.43. The van der Waals surface area contributed by atoms with E-state index in [1.165, 1.54) is 13.2 Å². The topological polar surface area (TPSA) is 129 Å². The third-order valence-electron chi connectivity index (χ3n) is 3.72. The molecule has 24 heavy (non-hydrogen) atoms. The Morgan fingerprint density at radius 1 is 1.17 bits per heavy atom. The monoisotopic (exact) mass is 342 g/mol. The Morgan fingerprint density at radius 3 is 2.58 bits per heavy atom. The van der Waals surface area contributed by atoms with Gasteiger partial charge < -0.3 is 39.7 Å². The first-order valence-electron chi connectivity index (χ1n) is 7.43. The highest BCUT2D eigenvalue weighted by atomic mass is 16.7. The first-order chi connectivity index (χ1) is 11.5. The number of hydrogen-bond acceptors (Lipinski definition) is 8. The molecular formula is C16H22O8. The Labute approximate surface area is 139 Å². The fourth-order valence-electron chi connectivity index (χ4n) is 2.34. The normalized spacial score (nSPS) is 30.6. The number of aliphatic hydroxyl groups is 4. The van der Waals surface area contributed by atoms with Crippen LogP contribution >= 0.6 is 0 Å². The first kappa shape index (κ1) is 18.7. The number of aliphatic hydroxyl groups excluding tert-OH is 4. The molecule has 1 aliphatic heterocycles. The Balaban J connectivity index is 1.91. The zero-order chi connectivity index (χ0) is 17.7. The van der Waals surface area contributed by atoms with E-state index in [2.05, 4.69) is 0 Å². The number of benzene rings is 1. The van der Waals surface area contributed by atoms with Gasteiger partial charge in [0.25, 0.3) is 0 Å². The summed E-state index contributed by atoms with van der Waals surface area (Å²) >= 11 is 0. The third-order valence-corrected chi connectivity index (χ3v) is 3.72.